The molecule has 0 aliphatic carbocycles. The number of hydrogen-bond acceptors (Lipinski definition) is 3. The minimum absolute atomic E-state index is 0.390. The second kappa shape index (κ2) is 8.23. The summed E-state index contributed by atoms with van der Waals surface area (Å²) in [6.45, 7) is 4.26. The van der Waals surface area contributed by atoms with E-state index in [1.165, 1.54) is 0 Å². The number of nitrogens with one attached hydrogen (secondary N) is 1. The van der Waals surface area contributed by atoms with Gasteiger partial charge in [0.25, 0.3) is 0 Å². The van der Waals surface area contributed by atoms with Crippen molar-refractivity contribution in [2.45, 2.75) is 26.5 Å². The summed E-state index contributed by atoms with van der Waals surface area (Å²) in [5, 5.41) is 4.52. The molecule has 0 atom stereocenters. The van der Waals surface area contributed by atoms with Gasteiger partial charge in [-0.2, -0.15) is 0 Å². The summed E-state index contributed by atoms with van der Waals surface area (Å²) in [7, 11) is 0. The monoisotopic (exact) mass is 324 g/mol. The number of ether oxygens (including phenoxy) is 1. The molecule has 0 saturated heterocycles. The van der Waals surface area contributed by atoms with Crippen molar-refractivity contribution in [1.82, 2.24) is 10.3 Å². The lowest BCUT2D eigenvalue weighted by molar-refractivity contribution is 0.294. The zero-order valence-corrected chi connectivity index (χ0v) is 13.4. The fourth-order valence-electron chi connectivity index (χ4n) is 1.86. The molecule has 21 heavy (non-hydrogen) atoms. The molecular weight excluding hydrogens is 307 g/mol. The zero-order chi connectivity index (χ0) is 15.1. The first-order chi connectivity index (χ1) is 10.2. The van der Waals surface area contributed by atoms with Crippen LogP contribution >= 0.6 is 23.2 Å². The highest BCUT2D eigenvalue weighted by atomic mass is 35.5. The minimum atomic E-state index is 0.390. The van der Waals surface area contributed by atoms with Gasteiger partial charge in [-0.05, 0) is 42.3 Å². The molecular formula is C16H18Cl2N2O. The quantitative estimate of drug-likeness (QED) is 0.763. The van der Waals surface area contributed by atoms with Crippen LogP contribution in [0, 0.1) is 0 Å². The Morgan fingerprint density at radius 2 is 2.05 bits per heavy atom. The number of benzene rings is 1. The van der Waals surface area contributed by atoms with E-state index in [-0.39, 0.29) is 0 Å². The highest BCUT2D eigenvalue weighted by Gasteiger charge is 2.05. The van der Waals surface area contributed by atoms with Gasteiger partial charge in [0.1, 0.15) is 11.6 Å². The molecule has 0 fully saturated rings. The normalized spacial score (nSPS) is 10.6. The molecule has 1 aromatic heterocycles. The summed E-state index contributed by atoms with van der Waals surface area (Å²) >= 11 is 12.1. The minimum Gasteiger partial charge on any atom is -0.472 e. The van der Waals surface area contributed by atoms with Crippen molar-refractivity contribution in [2.24, 2.45) is 0 Å². The number of aromatic nitrogens is 1. The van der Waals surface area contributed by atoms with Gasteiger partial charge in [0.05, 0.1) is 0 Å². The van der Waals surface area contributed by atoms with Crippen LogP contribution in [-0.2, 0) is 13.2 Å². The lowest BCUT2D eigenvalue weighted by atomic mass is 10.2. The fraction of sp³-hybridized carbons (Fsp3) is 0.312. The Labute approximate surface area is 135 Å². The molecule has 0 bridgehead atoms. The largest absolute Gasteiger partial charge is 0.472 e. The van der Waals surface area contributed by atoms with Crippen molar-refractivity contribution in [3.8, 4) is 5.88 Å². The van der Waals surface area contributed by atoms with Gasteiger partial charge in [0.15, 0.2) is 0 Å². The molecule has 0 saturated carbocycles. The van der Waals surface area contributed by atoms with E-state index in [2.05, 4.69) is 17.2 Å². The molecule has 0 aliphatic heterocycles. The number of nitrogens with zero attached hydrogens (tertiary/aromatic N) is 1. The van der Waals surface area contributed by atoms with Gasteiger partial charge in [-0.15, -0.1) is 0 Å². The van der Waals surface area contributed by atoms with E-state index < -0.39 is 0 Å². The third-order valence-electron chi connectivity index (χ3n) is 2.88. The Balaban J connectivity index is 1.94. The summed E-state index contributed by atoms with van der Waals surface area (Å²) < 4.78 is 5.64. The van der Waals surface area contributed by atoms with E-state index in [1.54, 1.807) is 6.20 Å². The molecule has 2 aromatic rings. The van der Waals surface area contributed by atoms with Gasteiger partial charge >= 0.3 is 0 Å². The molecule has 0 radical (unpaired) electrons. The first kappa shape index (κ1) is 16.1. The van der Waals surface area contributed by atoms with Crippen molar-refractivity contribution in [3.63, 3.8) is 0 Å². The average Bonchev–Trinajstić information content (AvgIpc) is 2.47. The van der Waals surface area contributed by atoms with Crippen LogP contribution in [0.4, 0.5) is 0 Å². The van der Waals surface area contributed by atoms with Gasteiger partial charge in [-0.1, -0.05) is 42.3 Å². The molecule has 1 N–H and O–H groups in total. The zero-order valence-electron chi connectivity index (χ0n) is 11.9. The number of halogens is 2. The van der Waals surface area contributed by atoms with Gasteiger partial charge in [0.2, 0.25) is 5.88 Å². The van der Waals surface area contributed by atoms with Crippen molar-refractivity contribution in [1.29, 1.82) is 0 Å². The Morgan fingerprint density at radius 3 is 2.76 bits per heavy atom. The van der Waals surface area contributed by atoms with Crippen LogP contribution in [0.25, 0.3) is 0 Å². The van der Waals surface area contributed by atoms with Crippen molar-refractivity contribution < 1.29 is 4.74 Å². The second-order valence-corrected chi connectivity index (χ2v) is 5.57. The first-order valence-corrected chi connectivity index (χ1v) is 7.67. The highest BCUT2D eigenvalue weighted by molar-refractivity contribution is 6.31. The molecule has 1 aromatic carbocycles. The topological polar surface area (TPSA) is 34.2 Å². The predicted molar refractivity (Wildman–Crippen MR) is 87.0 cm³/mol. The molecule has 0 spiro atoms. The third-order valence-corrected chi connectivity index (χ3v) is 3.39. The summed E-state index contributed by atoms with van der Waals surface area (Å²) in [6, 6.07) is 9.40. The van der Waals surface area contributed by atoms with Gasteiger partial charge in [-0.3, -0.25) is 0 Å². The SMILES string of the molecule is CCCNCc1cnc(OCc2cccc(Cl)c2)c(Cl)c1. The fourth-order valence-corrected chi connectivity index (χ4v) is 2.31. The van der Waals surface area contributed by atoms with Crippen LogP contribution in [-0.4, -0.2) is 11.5 Å². The van der Waals surface area contributed by atoms with E-state index in [1.807, 2.05) is 30.3 Å². The standard InChI is InChI=1S/C16H18Cl2N2O/c1-2-6-19-9-13-8-15(18)16(20-10-13)21-11-12-4-3-5-14(17)7-12/h3-5,7-8,10,19H,2,6,9,11H2,1H3. The van der Waals surface area contributed by atoms with E-state index in [9.17, 15) is 0 Å². The molecule has 1 heterocycles. The molecule has 3 nitrogen and oxygen atoms in total. The number of rotatable bonds is 7. The van der Waals surface area contributed by atoms with Gasteiger partial charge < -0.3 is 10.1 Å². The van der Waals surface area contributed by atoms with Crippen LogP contribution in [0.15, 0.2) is 36.5 Å². The van der Waals surface area contributed by atoms with Crippen LogP contribution in [0.2, 0.25) is 10.0 Å². The third kappa shape index (κ3) is 5.20. The van der Waals surface area contributed by atoms with E-state index in [0.29, 0.717) is 22.5 Å². The molecule has 0 amide bonds. The van der Waals surface area contributed by atoms with E-state index in [4.69, 9.17) is 27.9 Å². The van der Waals surface area contributed by atoms with E-state index >= 15 is 0 Å². The van der Waals surface area contributed by atoms with Crippen molar-refractivity contribution >= 4 is 23.2 Å². The van der Waals surface area contributed by atoms with Crippen LogP contribution in [0.5, 0.6) is 5.88 Å². The smallest absolute Gasteiger partial charge is 0.232 e. The first-order valence-electron chi connectivity index (χ1n) is 6.91. The Morgan fingerprint density at radius 1 is 1.19 bits per heavy atom. The predicted octanol–water partition coefficient (Wildman–Crippen LogP) is 4.47. The molecule has 5 heteroatoms. The van der Waals surface area contributed by atoms with E-state index in [0.717, 1.165) is 30.6 Å². The Kier molecular flexibility index (Phi) is 6.30. The maximum Gasteiger partial charge on any atom is 0.232 e. The molecule has 112 valence electrons. The van der Waals surface area contributed by atoms with Crippen LogP contribution in [0.3, 0.4) is 0 Å². The molecule has 0 unspecified atom stereocenters. The molecule has 2 rings (SSSR count). The lowest BCUT2D eigenvalue weighted by Gasteiger charge is -2.09. The number of hydrogen-bond donors (Lipinski definition) is 1. The van der Waals surface area contributed by atoms with Gasteiger partial charge in [0, 0.05) is 17.8 Å². The van der Waals surface area contributed by atoms with Crippen LogP contribution < -0.4 is 10.1 Å². The lowest BCUT2D eigenvalue weighted by Crippen LogP contribution is -2.14. The van der Waals surface area contributed by atoms with Gasteiger partial charge in [-0.25, -0.2) is 4.98 Å². The van der Waals surface area contributed by atoms with Crippen molar-refractivity contribution in [2.75, 3.05) is 6.54 Å². The summed E-state index contributed by atoms with van der Waals surface area (Å²) in [6.07, 6.45) is 2.88. The Hall–Kier alpha value is -1.29. The maximum absolute atomic E-state index is 6.20. The summed E-state index contributed by atoms with van der Waals surface area (Å²) in [4.78, 5) is 4.27. The average molecular weight is 325 g/mol. The summed E-state index contributed by atoms with van der Waals surface area (Å²) in [5.41, 5.74) is 2.03. The second-order valence-electron chi connectivity index (χ2n) is 4.73. The highest BCUT2D eigenvalue weighted by Crippen LogP contribution is 2.23. The molecule has 0 aliphatic rings. The number of pyridine rings is 1. The summed E-state index contributed by atoms with van der Waals surface area (Å²) in [5.74, 6) is 0.441. The Bertz CT molecular complexity index is 590. The maximum atomic E-state index is 6.20. The van der Waals surface area contributed by atoms with Crippen LogP contribution in [0.1, 0.15) is 24.5 Å². The van der Waals surface area contributed by atoms with Crippen molar-refractivity contribution in [3.05, 3.63) is 57.7 Å².